The third kappa shape index (κ3) is 2.76. The van der Waals surface area contributed by atoms with Crippen LogP contribution in [0, 0.1) is 5.41 Å². The number of thioether (sulfide) groups is 1. The van der Waals surface area contributed by atoms with E-state index in [9.17, 15) is 0 Å². The van der Waals surface area contributed by atoms with Gasteiger partial charge in [0.2, 0.25) is 0 Å². The Morgan fingerprint density at radius 3 is 2.56 bits per heavy atom. The smallest absolute Gasteiger partial charge is 0.0124 e. The summed E-state index contributed by atoms with van der Waals surface area (Å²) < 4.78 is 0. The van der Waals surface area contributed by atoms with Crippen LogP contribution >= 0.6 is 11.8 Å². The van der Waals surface area contributed by atoms with E-state index in [1.165, 1.54) is 57.9 Å². The fourth-order valence-electron chi connectivity index (χ4n) is 3.45. The highest BCUT2D eigenvalue weighted by Gasteiger charge is 2.46. The second-order valence-corrected chi connectivity index (χ2v) is 7.08. The molecule has 16 heavy (non-hydrogen) atoms. The van der Waals surface area contributed by atoms with Crippen molar-refractivity contribution in [2.75, 3.05) is 12.8 Å². The van der Waals surface area contributed by atoms with E-state index >= 15 is 0 Å². The van der Waals surface area contributed by atoms with Crippen LogP contribution in [-0.4, -0.2) is 24.1 Å². The Balaban J connectivity index is 1.69. The largest absolute Gasteiger partial charge is 0.313 e. The average molecular weight is 241 g/mol. The van der Waals surface area contributed by atoms with Crippen molar-refractivity contribution in [2.45, 2.75) is 69.6 Å². The number of nitrogens with one attached hydrogen (secondary N) is 1. The molecular formula is C14H27NS. The maximum atomic E-state index is 3.83. The van der Waals surface area contributed by atoms with Crippen LogP contribution in [0.1, 0.15) is 58.3 Å². The van der Waals surface area contributed by atoms with Gasteiger partial charge >= 0.3 is 0 Å². The molecule has 0 bridgehead atoms. The minimum Gasteiger partial charge on any atom is -0.313 e. The minimum atomic E-state index is 0.737. The van der Waals surface area contributed by atoms with Crippen molar-refractivity contribution in [3.05, 3.63) is 0 Å². The Morgan fingerprint density at radius 1 is 1.25 bits per heavy atom. The molecule has 0 radical (unpaired) electrons. The first-order valence-electron chi connectivity index (χ1n) is 7.03. The van der Waals surface area contributed by atoms with E-state index in [2.05, 4.69) is 18.5 Å². The van der Waals surface area contributed by atoms with Crippen LogP contribution in [0.15, 0.2) is 0 Å². The zero-order chi connectivity index (χ0) is 11.4. The lowest BCUT2D eigenvalue weighted by Crippen LogP contribution is -2.54. The second kappa shape index (κ2) is 5.77. The van der Waals surface area contributed by atoms with Crippen molar-refractivity contribution in [1.29, 1.82) is 0 Å². The summed E-state index contributed by atoms with van der Waals surface area (Å²) in [4.78, 5) is 0. The SMILES string of the molecule is CSC(C)CCNC1CCC12CCCCC2. The molecule has 0 aromatic rings. The number of rotatable bonds is 5. The molecule has 0 amide bonds. The van der Waals surface area contributed by atoms with E-state index < -0.39 is 0 Å². The molecule has 0 aromatic heterocycles. The van der Waals surface area contributed by atoms with Gasteiger partial charge < -0.3 is 5.32 Å². The van der Waals surface area contributed by atoms with Gasteiger partial charge in [-0.3, -0.25) is 0 Å². The van der Waals surface area contributed by atoms with Crippen molar-refractivity contribution < 1.29 is 0 Å². The van der Waals surface area contributed by atoms with Crippen LogP contribution in [0.2, 0.25) is 0 Å². The van der Waals surface area contributed by atoms with Crippen molar-refractivity contribution >= 4 is 11.8 Å². The summed E-state index contributed by atoms with van der Waals surface area (Å²) in [5.74, 6) is 0. The van der Waals surface area contributed by atoms with Crippen LogP contribution in [0.5, 0.6) is 0 Å². The summed E-state index contributed by atoms with van der Waals surface area (Å²) in [6, 6.07) is 0.863. The van der Waals surface area contributed by atoms with E-state index in [0.717, 1.165) is 16.7 Å². The molecular weight excluding hydrogens is 214 g/mol. The molecule has 1 nitrogen and oxygen atoms in total. The normalized spacial score (nSPS) is 30.0. The van der Waals surface area contributed by atoms with Crippen molar-refractivity contribution in [3.8, 4) is 0 Å². The van der Waals surface area contributed by atoms with Crippen LogP contribution in [0.3, 0.4) is 0 Å². The van der Waals surface area contributed by atoms with Gasteiger partial charge in [-0.1, -0.05) is 26.2 Å². The Labute approximate surface area is 105 Å². The molecule has 0 aliphatic heterocycles. The van der Waals surface area contributed by atoms with Gasteiger partial charge in [0.25, 0.3) is 0 Å². The van der Waals surface area contributed by atoms with Crippen LogP contribution in [0.25, 0.3) is 0 Å². The molecule has 1 spiro atoms. The van der Waals surface area contributed by atoms with Crippen LogP contribution in [-0.2, 0) is 0 Å². The zero-order valence-electron chi connectivity index (χ0n) is 10.9. The third-order valence-corrected chi connectivity index (χ3v) is 5.90. The fourth-order valence-corrected chi connectivity index (χ4v) is 3.80. The first-order chi connectivity index (χ1) is 7.77. The van der Waals surface area contributed by atoms with Crippen molar-refractivity contribution in [1.82, 2.24) is 5.32 Å². The maximum absolute atomic E-state index is 3.83. The molecule has 2 heteroatoms. The fraction of sp³-hybridized carbons (Fsp3) is 1.00. The molecule has 2 aliphatic carbocycles. The molecule has 0 saturated heterocycles. The monoisotopic (exact) mass is 241 g/mol. The summed E-state index contributed by atoms with van der Waals surface area (Å²) in [5, 5.41) is 4.65. The predicted molar refractivity (Wildman–Crippen MR) is 74.1 cm³/mol. The summed E-state index contributed by atoms with van der Waals surface area (Å²) in [5.41, 5.74) is 0.737. The lowest BCUT2D eigenvalue weighted by molar-refractivity contribution is 0.0233. The molecule has 2 unspecified atom stereocenters. The average Bonchev–Trinajstić information content (AvgIpc) is 2.34. The maximum Gasteiger partial charge on any atom is 0.0124 e. The summed E-state index contributed by atoms with van der Waals surface area (Å²) in [6.07, 6.45) is 13.9. The van der Waals surface area contributed by atoms with Gasteiger partial charge in [-0.25, -0.2) is 0 Å². The predicted octanol–water partition coefficient (Wildman–Crippen LogP) is 3.83. The van der Waals surface area contributed by atoms with E-state index in [1.807, 2.05) is 11.8 Å². The minimum absolute atomic E-state index is 0.737. The number of hydrogen-bond acceptors (Lipinski definition) is 2. The van der Waals surface area contributed by atoms with E-state index in [-0.39, 0.29) is 0 Å². The van der Waals surface area contributed by atoms with E-state index in [1.54, 1.807) is 0 Å². The van der Waals surface area contributed by atoms with Crippen molar-refractivity contribution in [3.63, 3.8) is 0 Å². The Hall–Kier alpha value is 0.310. The molecule has 2 saturated carbocycles. The van der Waals surface area contributed by atoms with Gasteiger partial charge in [-0.15, -0.1) is 0 Å². The highest BCUT2D eigenvalue weighted by atomic mass is 32.2. The van der Waals surface area contributed by atoms with Gasteiger partial charge in [0.05, 0.1) is 0 Å². The van der Waals surface area contributed by atoms with Crippen molar-refractivity contribution in [2.24, 2.45) is 5.41 Å². The topological polar surface area (TPSA) is 12.0 Å². The summed E-state index contributed by atoms with van der Waals surface area (Å²) in [7, 11) is 0. The Morgan fingerprint density at radius 2 is 2.00 bits per heavy atom. The van der Waals surface area contributed by atoms with Gasteiger partial charge in [0.1, 0.15) is 0 Å². The lowest BCUT2D eigenvalue weighted by Gasteiger charge is -2.52. The van der Waals surface area contributed by atoms with Gasteiger partial charge in [0, 0.05) is 11.3 Å². The molecule has 1 N–H and O–H groups in total. The highest BCUT2D eigenvalue weighted by molar-refractivity contribution is 7.99. The second-order valence-electron chi connectivity index (χ2n) is 5.80. The van der Waals surface area contributed by atoms with Gasteiger partial charge in [-0.05, 0) is 50.3 Å². The molecule has 2 atom stereocenters. The standard InChI is InChI=1S/C14H27NS/c1-12(16-2)7-11-15-13-6-10-14(13)8-4-3-5-9-14/h12-13,15H,3-11H2,1-2H3. The van der Waals surface area contributed by atoms with E-state index in [0.29, 0.717) is 0 Å². The Kier molecular flexibility index (Phi) is 4.60. The Bertz CT molecular complexity index is 211. The van der Waals surface area contributed by atoms with Crippen LogP contribution < -0.4 is 5.32 Å². The van der Waals surface area contributed by atoms with E-state index in [4.69, 9.17) is 0 Å². The zero-order valence-corrected chi connectivity index (χ0v) is 11.7. The molecule has 0 heterocycles. The third-order valence-electron chi connectivity index (χ3n) is 4.86. The molecule has 2 fully saturated rings. The quantitative estimate of drug-likeness (QED) is 0.785. The molecule has 94 valence electrons. The first-order valence-corrected chi connectivity index (χ1v) is 8.32. The molecule has 2 rings (SSSR count). The summed E-state index contributed by atoms with van der Waals surface area (Å²) in [6.45, 7) is 3.57. The molecule has 2 aliphatic rings. The first kappa shape index (κ1) is 12.8. The number of hydrogen-bond donors (Lipinski definition) is 1. The van der Waals surface area contributed by atoms with Gasteiger partial charge in [0.15, 0.2) is 0 Å². The lowest BCUT2D eigenvalue weighted by atomic mass is 9.57. The van der Waals surface area contributed by atoms with Gasteiger partial charge in [-0.2, -0.15) is 11.8 Å². The van der Waals surface area contributed by atoms with Crippen LogP contribution in [0.4, 0.5) is 0 Å². The highest BCUT2D eigenvalue weighted by Crippen LogP contribution is 2.51. The summed E-state index contributed by atoms with van der Waals surface area (Å²) >= 11 is 1.99. The molecule has 0 aromatic carbocycles.